The Bertz CT molecular complexity index is 1120. The Morgan fingerprint density at radius 3 is 2.68 bits per heavy atom. The molecule has 2 N–H and O–H groups in total. The SMILES string of the molecule is O=C(NCCc1c[nH]c2ccc(F)cc12)c1cc(Cc2ccc(F)cc2)on1. The average Bonchev–Trinajstić information content (AvgIpc) is 3.31. The minimum Gasteiger partial charge on any atom is -0.361 e. The Hall–Kier alpha value is -3.48. The molecule has 0 unspecified atom stereocenters. The van der Waals surface area contributed by atoms with Crippen LogP contribution in [0.5, 0.6) is 0 Å². The summed E-state index contributed by atoms with van der Waals surface area (Å²) in [5.74, 6) is -0.433. The fourth-order valence-electron chi connectivity index (χ4n) is 3.07. The monoisotopic (exact) mass is 381 g/mol. The van der Waals surface area contributed by atoms with Crippen molar-refractivity contribution in [3.63, 3.8) is 0 Å². The molecule has 0 aliphatic heterocycles. The van der Waals surface area contributed by atoms with Crippen LogP contribution < -0.4 is 5.32 Å². The first-order valence-corrected chi connectivity index (χ1v) is 8.82. The van der Waals surface area contributed by atoms with Crippen molar-refractivity contribution < 1.29 is 18.1 Å². The van der Waals surface area contributed by atoms with Gasteiger partial charge in [-0.25, -0.2) is 8.78 Å². The van der Waals surface area contributed by atoms with Crippen molar-refractivity contribution in [2.75, 3.05) is 6.54 Å². The van der Waals surface area contributed by atoms with Crippen LogP contribution in [0.2, 0.25) is 0 Å². The summed E-state index contributed by atoms with van der Waals surface area (Å²) in [6.07, 6.45) is 2.78. The number of halogens is 2. The summed E-state index contributed by atoms with van der Waals surface area (Å²) < 4.78 is 31.6. The van der Waals surface area contributed by atoms with Crippen LogP contribution in [0.1, 0.15) is 27.4 Å². The van der Waals surface area contributed by atoms with E-state index in [1.54, 1.807) is 24.3 Å². The molecule has 2 aromatic heterocycles. The first-order chi connectivity index (χ1) is 13.6. The number of rotatable bonds is 6. The highest BCUT2D eigenvalue weighted by molar-refractivity contribution is 5.92. The van der Waals surface area contributed by atoms with Gasteiger partial charge < -0.3 is 14.8 Å². The third-order valence-electron chi connectivity index (χ3n) is 4.49. The zero-order chi connectivity index (χ0) is 19.5. The number of fused-ring (bicyclic) bond motifs is 1. The van der Waals surface area contributed by atoms with E-state index in [0.717, 1.165) is 22.0 Å². The smallest absolute Gasteiger partial charge is 0.273 e. The van der Waals surface area contributed by atoms with Crippen LogP contribution in [0.15, 0.2) is 59.3 Å². The second-order valence-corrected chi connectivity index (χ2v) is 6.49. The van der Waals surface area contributed by atoms with Crippen molar-refractivity contribution in [3.05, 3.63) is 88.9 Å². The first-order valence-electron chi connectivity index (χ1n) is 8.82. The number of aromatic amines is 1. The molecular formula is C21H17F2N3O2. The minimum atomic E-state index is -0.347. The maximum atomic E-state index is 13.4. The number of carbonyl (C=O) groups is 1. The van der Waals surface area contributed by atoms with Gasteiger partial charge in [0.05, 0.1) is 0 Å². The van der Waals surface area contributed by atoms with Gasteiger partial charge in [0.2, 0.25) is 0 Å². The van der Waals surface area contributed by atoms with E-state index in [0.29, 0.717) is 25.1 Å². The maximum absolute atomic E-state index is 13.4. The number of carbonyl (C=O) groups excluding carboxylic acids is 1. The van der Waals surface area contributed by atoms with Crippen LogP contribution >= 0.6 is 0 Å². The predicted molar refractivity (Wildman–Crippen MR) is 100 cm³/mol. The van der Waals surface area contributed by atoms with Gasteiger partial charge in [0.25, 0.3) is 5.91 Å². The molecule has 142 valence electrons. The molecule has 4 rings (SSSR count). The van der Waals surface area contributed by atoms with Crippen LogP contribution in [0, 0.1) is 11.6 Å². The Kier molecular flexibility index (Phi) is 4.89. The lowest BCUT2D eigenvalue weighted by Gasteiger charge is -2.02. The maximum Gasteiger partial charge on any atom is 0.273 e. The summed E-state index contributed by atoms with van der Waals surface area (Å²) in [6, 6.07) is 12.2. The predicted octanol–water partition coefficient (Wildman–Crippen LogP) is 4.00. The molecule has 0 saturated heterocycles. The molecule has 0 radical (unpaired) electrons. The molecule has 0 saturated carbocycles. The molecule has 2 heterocycles. The molecule has 7 heteroatoms. The molecule has 5 nitrogen and oxygen atoms in total. The molecule has 1 amide bonds. The van der Waals surface area contributed by atoms with E-state index in [1.807, 2.05) is 6.20 Å². The Labute approximate surface area is 159 Å². The Balaban J connectivity index is 1.34. The van der Waals surface area contributed by atoms with Gasteiger partial charge >= 0.3 is 0 Å². The van der Waals surface area contributed by atoms with E-state index >= 15 is 0 Å². The van der Waals surface area contributed by atoms with Gasteiger partial charge in [0.1, 0.15) is 17.4 Å². The third-order valence-corrected chi connectivity index (χ3v) is 4.49. The highest BCUT2D eigenvalue weighted by Crippen LogP contribution is 2.19. The van der Waals surface area contributed by atoms with E-state index in [9.17, 15) is 13.6 Å². The fraction of sp³-hybridized carbons (Fsp3) is 0.143. The number of nitrogens with zero attached hydrogens (tertiary/aromatic N) is 1. The molecular weight excluding hydrogens is 364 g/mol. The van der Waals surface area contributed by atoms with Crippen molar-refractivity contribution >= 4 is 16.8 Å². The number of aromatic nitrogens is 2. The lowest BCUT2D eigenvalue weighted by Crippen LogP contribution is -2.25. The second kappa shape index (κ2) is 7.64. The molecule has 0 aliphatic rings. The molecule has 0 bridgehead atoms. The Morgan fingerprint density at radius 2 is 1.86 bits per heavy atom. The van der Waals surface area contributed by atoms with Gasteiger partial charge in [-0.05, 0) is 47.9 Å². The summed E-state index contributed by atoms with van der Waals surface area (Å²) in [4.78, 5) is 15.3. The van der Waals surface area contributed by atoms with Crippen molar-refractivity contribution in [1.29, 1.82) is 0 Å². The van der Waals surface area contributed by atoms with Crippen LogP contribution in [0.4, 0.5) is 8.78 Å². The molecule has 0 fully saturated rings. The molecule has 0 atom stereocenters. The Morgan fingerprint density at radius 1 is 1.07 bits per heavy atom. The van der Waals surface area contributed by atoms with Crippen LogP contribution in [0.3, 0.4) is 0 Å². The molecule has 0 spiro atoms. The number of nitrogens with one attached hydrogen (secondary N) is 2. The van der Waals surface area contributed by atoms with Crippen molar-refractivity contribution in [2.24, 2.45) is 0 Å². The molecule has 28 heavy (non-hydrogen) atoms. The van der Waals surface area contributed by atoms with Gasteiger partial charge in [-0.15, -0.1) is 0 Å². The van der Waals surface area contributed by atoms with Crippen LogP contribution in [-0.4, -0.2) is 22.6 Å². The average molecular weight is 381 g/mol. The summed E-state index contributed by atoms with van der Waals surface area (Å²) >= 11 is 0. The third kappa shape index (κ3) is 3.93. The summed E-state index contributed by atoms with van der Waals surface area (Å²) in [5, 5.41) is 7.38. The second-order valence-electron chi connectivity index (χ2n) is 6.49. The van der Waals surface area contributed by atoms with E-state index in [4.69, 9.17) is 4.52 Å². The van der Waals surface area contributed by atoms with Gasteiger partial charge in [-0.3, -0.25) is 4.79 Å². The van der Waals surface area contributed by atoms with Crippen LogP contribution in [0.25, 0.3) is 10.9 Å². The van der Waals surface area contributed by atoms with Crippen LogP contribution in [-0.2, 0) is 12.8 Å². The molecule has 2 aromatic carbocycles. The standard InChI is InChI=1S/C21H17F2N3O2/c22-15-3-1-13(2-4-15)9-17-11-20(26-28-17)21(27)24-8-7-14-12-25-19-6-5-16(23)10-18(14)19/h1-6,10-12,25H,7-9H2,(H,24,27). The normalized spacial score (nSPS) is 11.1. The minimum absolute atomic E-state index is 0.182. The molecule has 4 aromatic rings. The van der Waals surface area contributed by atoms with E-state index in [1.165, 1.54) is 24.3 Å². The number of benzene rings is 2. The summed E-state index contributed by atoms with van der Waals surface area (Å²) in [6.45, 7) is 0.377. The topological polar surface area (TPSA) is 70.9 Å². The zero-order valence-electron chi connectivity index (χ0n) is 14.8. The van der Waals surface area contributed by atoms with E-state index in [-0.39, 0.29) is 23.2 Å². The first kappa shape index (κ1) is 17.9. The van der Waals surface area contributed by atoms with E-state index < -0.39 is 0 Å². The van der Waals surface area contributed by atoms with Crippen molar-refractivity contribution in [1.82, 2.24) is 15.5 Å². The number of hydrogen-bond acceptors (Lipinski definition) is 3. The van der Waals surface area contributed by atoms with Gasteiger partial charge in [0.15, 0.2) is 5.69 Å². The number of H-pyrrole nitrogens is 1. The lowest BCUT2D eigenvalue weighted by atomic mass is 10.1. The highest BCUT2D eigenvalue weighted by Gasteiger charge is 2.13. The van der Waals surface area contributed by atoms with Crippen molar-refractivity contribution in [2.45, 2.75) is 12.8 Å². The highest BCUT2D eigenvalue weighted by atomic mass is 19.1. The van der Waals surface area contributed by atoms with Gasteiger partial charge in [0, 0.05) is 36.1 Å². The number of hydrogen-bond donors (Lipinski definition) is 2. The largest absolute Gasteiger partial charge is 0.361 e. The lowest BCUT2D eigenvalue weighted by molar-refractivity contribution is 0.0945. The fourth-order valence-corrected chi connectivity index (χ4v) is 3.07. The van der Waals surface area contributed by atoms with Crippen molar-refractivity contribution in [3.8, 4) is 0 Å². The van der Waals surface area contributed by atoms with Gasteiger partial charge in [-0.1, -0.05) is 17.3 Å². The quantitative estimate of drug-likeness (QED) is 0.530. The van der Waals surface area contributed by atoms with E-state index in [2.05, 4.69) is 15.5 Å². The zero-order valence-corrected chi connectivity index (χ0v) is 14.8. The number of amides is 1. The summed E-state index contributed by atoms with van der Waals surface area (Å²) in [7, 11) is 0. The summed E-state index contributed by atoms with van der Waals surface area (Å²) in [5.41, 5.74) is 2.81. The van der Waals surface area contributed by atoms with Gasteiger partial charge in [-0.2, -0.15) is 0 Å². The molecule has 0 aliphatic carbocycles.